The Balaban J connectivity index is 1.45. The second kappa shape index (κ2) is 17.2. The third-order valence-electron chi connectivity index (χ3n) is 9.11. The molecule has 47 heavy (non-hydrogen) atoms. The van der Waals surface area contributed by atoms with Crippen LogP contribution >= 0.6 is 0 Å². The van der Waals surface area contributed by atoms with E-state index in [1.807, 2.05) is 0 Å². The van der Waals surface area contributed by atoms with E-state index in [-0.39, 0.29) is 6.61 Å². The lowest BCUT2D eigenvalue weighted by Gasteiger charge is -2.54. The third-order valence-corrected chi connectivity index (χ3v) is 9.11. The number of fused-ring (bicyclic) bond motifs is 1. The molecule has 0 aromatic heterocycles. The Morgan fingerprint density at radius 3 is 2.19 bits per heavy atom. The van der Waals surface area contributed by atoms with Gasteiger partial charge in [0, 0.05) is 13.0 Å². The summed E-state index contributed by atoms with van der Waals surface area (Å²) in [5, 5.41) is 93.5. The first kappa shape index (κ1) is 38.6. The molecule has 0 aliphatic carbocycles. The number of hydrogen-bond acceptors (Lipinski definition) is 18. The van der Waals surface area contributed by atoms with Gasteiger partial charge in [0.05, 0.1) is 32.0 Å². The Labute approximate surface area is 271 Å². The van der Waals surface area contributed by atoms with Crippen molar-refractivity contribution in [3.8, 4) is 0 Å². The maximum absolute atomic E-state index is 13.2. The Hall–Kier alpha value is -1.17. The van der Waals surface area contributed by atoms with Crippen molar-refractivity contribution >= 4 is 5.97 Å². The molecule has 16 atom stereocenters. The fourth-order valence-corrected chi connectivity index (χ4v) is 6.32. The number of aliphatic hydroxyl groups excluding tert-OH is 9. The molecule has 0 radical (unpaired) electrons. The summed E-state index contributed by atoms with van der Waals surface area (Å²) in [7, 11) is 0. The van der Waals surface area contributed by atoms with Crippen LogP contribution in [0.1, 0.15) is 51.9 Å². The molecule has 4 fully saturated rings. The summed E-state index contributed by atoms with van der Waals surface area (Å²) < 4.78 is 39.9. The average molecular weight is 686 g/mol. The van der Waals surface area contributed by atoms with Crippen molar-refractivity contribution in [3.05, 3.63) is 0 Å². The van der Waals surface area contributed by atoms with Gasteiger partial charge < -0.3 is 84.9 Å². The zero-order chi connectivity index (χ0) is 34.5. The Morgan fingerprint density at radius 2 is 1.53 bits per heavy atom. The number of aliphatic hydroxyl groups is 9. The fourth-order valence-electron chi connectivity index (χ4n) is 6.32. The smallest absolute Gasteiger partial charge is 0.367 e. The van der Waals surface area contributed by atoms with E-state index in [0.29, 0.717) is 6.42 Å². The van der Waals surface area contributed by atoms with Gasteiger partial charge >= 0.3 is 5.97 Å². The number of nitrogens with two attached hydrogens (primary N) is 1. The van der Waals surface area contributed by atoms with E-state index in [1.54, 1.807) is 0 Å². The molecule has 4 heterocycles. The normalized spacial score (nSPS) is 43.7. The quantitative estimate of drug-likeness (QED) is 0.0574. The summed E-state index contributed by atoms with van der Waals surface area (Å²) in [5.74, 6) is -3.67. The Kier molecular flexibility index (Phi) is 14.1. The minimum atomic E-state index is -2.46. The highest BCUT2D eigenvalue weighted by Gasteiger charge is 2.64. The van der Waals surface area contributed by atoms with Gasteiger partial charge in [-0.25, -0.2) is 4.79 Å². The number of hydrogen-bond donors (Lipinski definition) is 10. The van der Waals surface area contributed by atoms with Crippen LogP contribution in [0.3, 0.4) is 0 Å². The van der Waals surface area contributed by atoms with Crippen LogP contribution in [0.15, 0.2) is 0 Å². The van der Waals surface area contributed by atoms with E-state index in [0.717, 1.165) is 32.1 Å². The molecule has 0 aromatic carbocycles. The summed E-state index contributed by atoms with van der Waals surface area (Å²) in [4.78, 5) is 13.2. The van der Waals surface area contributed by atoms with E-state index >= 15 is 0 Å². The van der Waals surface area contributed by atoms with Crippen LogP contribution in [0.2, 0.25) is 0 Å². The molecule has 1 unspecified atom stereocenters. The second-order valence-electron chi connectivity index (χ2n) is 12.5. The van der Waals surface area contributed by atoms with Crippen molar-refractivity contribution in [2.45, 2.75) is 150 Å². The lowest BCUT2D eigenvalue weighted by Crippen LogP contribution is -2.74. The lowest BCUT2D eigenvalue weighted by atomic mass is 9.88. The summed E-state index contributed by atoms with van der Waals surface area (Å²) in [6.07, 6.45) is -16.6. The predicted octanol–water partition coefficient (Wildman–Crippen LogP) is -4.54. The summed E-state index contributed by atoms with van der Waals surface area (Å²) in [6, 6.07) is -1.33. The van der Waals surface area contributed by atoms with Crippen LogP contribution in [0.4, 0.5) is 0 Å². The maximum Gasteiger partial charge on any atom is 0.367 e. The number of carbonyl (C=O) groups excluding carboxylic acids is 1. The molecular formula is C29H51NO17. The van der Waals surface area contributed by atoms with Crippen LogP contribution in [-0.2, 0) is 38.0 Å². The predicted molar refractivity (Wildman–Crippen MR) is 154 cm³/mol. The van der Waals surface area contributed by atoms with Gasteiger partial charge in [-0.2, -0.15) is 0 Å². The molecule has 0 aromatic rings. The SMILES string of the molecule is CCCCCCCCO[C@@H]1O[C@H](CO)[C@@H](O[C@@H]2O[C@H](CO)[C@@H]3OC(=O)C4(C[C@H](O)[C@@H](N)[C@H]([C@H](O)[C@H](O)CO)O4)O[C@@H]3[C@H]2O)[C@H](O)[C@H]1O. The average Bonchev–Trinajstić information content (AvgIpc) is 3.06. The van der Waals surface area contributed by atoms with Gasteiger partial charge in [0.15, 0.2) is 18.7 Å². The molecule has 0 amide bonds. The number of unbranched alkanes of at least 4 members (excludes halogenated alkanes) is 5. The van der Waals surface area contributed by atoms with Crippen LogP contribution in [0, 0.1) is 0 Å². The molecule has 18 nitrogen and oxygen atoms in total. The van der Waals surface area contributed by atoms with Crippen molar-refractivity contribution in [2.75, 3.05) is 26.4 Å². The largest absolute Gasteiger partial charge is 0.453 e. The van der Waals surface area contributed by atoms with Crippen LogP contribution in [0.5, 0.6) is 0 Å². The zero-order valence-corrected chi connectivity index (χ0v) is 26.3. The van der Waals surface area contributed by atoms with Gasteiger partial charge in [-0.1, -0.05) is 39.0 Å². The maximum atomic E-state index is 13.2. The van der Waals surface area contributed by atoms with E-state index < -0.39 is 130 Å². The zero-order valence-electron chi connectivity index (χ0n) is 26.3. The minimum Gasteiger partial charge on any atom is -0.453 e. The molecule has 0 saturated carbocycles. The highest BCUT2D eigenvalue weighted by Crippen LogP contribution is 2.42. The third kappa shape index (κ3) is 8.42. The van der Waals surface area contributed by atoms with Crippen LogP contribution in [-0.4, -0.2) is 176 Å². The van der Waals surface area contributed by atoms with Crippen molar-refractivity contribution in [1.29, 1.82) is 0 Å². The molecule has 4 aliphatic rings. The molecule has 274 valence electrons. The highest BCUT2D eigenvalue weighted by molar-refractivity contribution is 5.79. The molecular weight excluding hydrogens is 634 g/mol. The minimum absolute atomic E-state index is 0.242. The highest BCUT2D eigenvalue weighted by atomic mass is 16.8. The van der Waals surface area contributed by atoms with E-state index in [4.69, 9.17) is 38.9 Å². The molecule has 4 rings (SSSR count). The first-order chi connectivity index (χ1) is 22.4. The Morgan fingerprint density at radius 1 is 0.872 bits per heavy atom. The molecule has 0 bridgehead atoms. The van der Waals surface area contributed by atoms with E-state index in [9.17, 15) is 50.8 Å². The molecule has 1 spiro atoms. The van der Waals surface area contributed by atoms with Crippen molar-refractivity contribution in [3.63, 3.8) is 0 Å². The van der Waals surface area contributed by atoms with Gasteiger partial charge in [-0.3, -0.25) is 0 Å². The van der Waals surface area contributed by atoms with Gasteiger partial charge in [-0.05, 0) is 6.42 Å². The monoisotopic (exact) mass is 685 g/mol. The molecule has 4 saturated heterocycles. The standard InChI is InChI=1S/C29H51NO17/c1-2-3-4-5-6-7-8-41-26-20(38)19(37)22(15(11-32)42-26)44-27-21(39)25-23(16(12-33)43-27)45-28(40)29(47-25)9-13(34)17(30)24(46-29)18(36)14(35)10-31/h13-27,31-39H,2-12,30H2,1H3/t13-,14+,15+,16+,17+,18+,19+,20+,21+,22+,23-,24+,25+,26+,27-,29?/m0/s1. The first-order valence-corrected chi connectivity index (χ1v) is 16.2. The van der Waals surface area contributed by atoms with Crippen molar-refractivity contribution in [1.82, 2.24) is 0 Å². The topological polar surface area (TPSA) is 290 Å². The fraction of sp³-hybridized carbons (Fsp3) is 0.966. The number of rotatable bonds is 15. The van der Waals surface area contributed by atoms with E-state index in [1.165, 1.54) is 0 Å². The van der Waals surface area contributed by atoms with Gasteiger partial charge in [0.1, 0.15) is 61.0 Å². The summed E-state index contributed by atoms with van der Waals surface area (Å²) in [5.41, 5.74) is 5.95. The van der Waals surface area contributed by atoms with Gasteiger partial charge in [0.25, 0.3) is 5.79 Å². The Bertz CT molecular complexity index is 979. The van der Waals surface area contributed by atoms with Gasteiger partial charge in [0.2, 0.25) is 0 Å². The van der Waals surface area contributed by atoms with Crippen LogP contribution in [0.25, 0.3) is 0 Å². The first-order valence-electron chi connectivity index (χ1n) is 16.2. The molecule has 4 aliphatic heterocycles. The number of ether oxygens (including phenoxy) is 7. The number of esters is 1. The lowest BCUT2D eigenvalue weighted by molar-refractivity contribution is -0.405. The molecule has 18 heteroatoms. The summed E-state index contributed by atoms with van der Waals surface area (Å²) >= 11 is 0. The number of carbonyl (C=O) groups is 1. The molecule has 11 N–H and O–H groups in total. The van der Waals surface area contributed by atoms with Crippen molar-refractivity contribution in [2.24, 2.45) is 5.73 Å². The van der Waals surface area contributed by atoms with E-state index in [2.05, 4.69) is 6.92 Å². The second-order valence-corrected chi connectivity index (χ2v) is 12.5. The summed E-state index contributed by atoms with van der Waals surface area (Å²) in [6.45, 7) is 0.0175. The van der Waals surface area contributed by atoms with Crippen LogP contribution < -0.4 is 5.73 Å². The van der Waals surface area contributed by atoms with Gasteiger partial charge in [-0.15, -0.1) is 0 Å². The van der Waals surface area contributed by atoms with Crippen molar-refractivity contribution < 1.29 is 83.9 Å².